The van der Waals surface area contributed by atoms with E-state index in [1.54, 1.807) is 0 Å². The maximum Gasteiger partial charge on any atom is 0.316 e. The zero-order valence-corrected chi connectivity index (χ0v) is 12.5. The number of nitrogens with one attached hydrogen (secondary N) is 1. The maximum atomic E-state index is 12.8. The van der Waals surface area contributed by atoms with Crippen molar-refractivity contribution in [2.24, 2.45) is 0 Å². The number of benzene rings is 1. The molecule has 110 valence electrons. The van der Waals surface area contributed by atoms with Gasteiger partial charge < -0.3 is 4.74 Å². The summed E-state index contributed by atoms with van der Waals surface area (Å²) in [7, 11) is 1.30. The lowest BCUT2D eigenvalue weighted by atomic mass is 10.2. The van der Waals surface area contributed by atoms with Crippen molar-refractivity contribution >= 4 is 40.1 Å². The predicted molar refractivity (Wildman–Crippen MR) is 77.0 cm³/mol. The van der Waals surface area contributed by atoms with E-state index in [0.717, 1.165) is 11.3 Å². The summed E-state index contributed by atoms with van der Waals surface area (Å²) < 4.78 is 17.8. The average molecular weight is 327 g/mol. The number of hydrogen-bond donors (Lipinski definition) is 1. The van der Waals surface area contributed by atoms with Gasteiger partial charge in [-0.05, 0) is 24.3 Å². The number of hydrogen-bond acceptors (Lipinski definition) is 7. The minimum Gasteiger partial charge on any atom is -0.468 e. The molecule has 2 aromatic rings. The summed E-state index contributed by atoms with van der Waals surface area (Å²) in [6.45, 7) is 0. The number of carbonyl (C=O) groups is 2. The third-order valence-electron chi connectivity index (χ3n) is 2.27. The van der Waals surface area contributed by atoms with Crippen molar-refractivity contribution in [1.29, 1.82) is 0 Å². The van der Waals surface area contributed by atoms with Gasteiger partial charge in [0.15, 0.2) is 4.34 Å². The number of aromatic nitrogens is 2. The molecule has 0 aliphatic heterocycles. The number of esters is 1. The molecule has 6 nitrogen and oxygen atoms in total. The fourth-order valence-electron chi connectivity index (χ4n) is 1.27. The molecule has 2 rings (SSSR count). The second-order valence-electron chi connectivity index (χ2n) is 3.70. The summed E-state index contributed by atoms with van der Waals surface area (Å²) >= 11 is 2.31. The van der Waals surface area contributed by atoms with Gasteiger partial charge in [0.25, 0.3) is 5.91 Å². The van der Waals surface area contributed by atoms with Crippen LogP contribution < -0.4 is 5.32 Å². The molecule has 21 heavy (non-hydrogen) atoms. The lowest BCUT2D eigenvalue weighted by Gasteiger charge is -2.00. The van der Waals surface area contributed by atoms with Crippen LogP contribution in [-0.2, 0) is 9.53 Å². The fraction of sp³-hybridized carbons (Fsp3) is 0.167. The normalized spacial score (nSPS) is 10.2. The van der Waals surface area contributed by atoms with Crippen LogP contribution in [0.4, 0.5) is 9.52 Å². The molecule has 0 aliphatic carbocycles. The van der Waals surface area contributed by atoms with E-state index in [9.17, 15) is 14.0 Å². The van der Waals surface area contributed by atoms with Crippen LogP contribution in [0.25, 0.3) is 0 Å². The number of methoxy groups -OCH3 is 1. The Morgan fingerprint density at radius 1 is 1.33 bits per heavy atom. The molecule has 0 atom stereocenters. The molecule has 1 heterocycles. The van der Waals surface area contributed by atoms with Gasteiger partial charge in [-0.3, -0.25) is 14.9 Å². The van der Waals surface area contributed by atoms with Crippen molar-refractivity contribution in [2.45, 2.75) is 4.34 Å². The number of thioether (sulfide) groups is 1. The molecule has 0 saturated carbocycles. The predicted octanol–water partition coefficient (Wildman–Crippen LogP) is 2.19. The van der Waals surface area contributed by atoms with Crippen LogP contribution in [0, 0.1) is 5.82 Å². The molecule has 0 radical (unpaired) electrons. The zero-order chi connectivity index (χ0) is 15.2. The van der Waals surface area contributed by atoms with Crippen molar-refractivity contribution in [3.05, 3.63) is 35.6 Å². The minimum atomic E-state index is -0.413. The molecular weight excluding hydrogens is 317 g/mol. The van der Waals surface area contributed by atoms with Crippen LogP contribution in [0.15, 0.2) is 28.6 Å². The average Bonchev–Trinajstić information content (AvgIpc) is 2.93. The van der Waals surface area contributed by atoms with Gasteiger partial charge in [0.05, 0.1) is 12.9 Å². The lowest BCUT2D eigenvalue weighted by molar-refractivity contribution is -0.137. The van der Waals surface area contributed by atoms with E-state index < -0.39 is 11.7 Å². The lowest BCUT2D eigenvalue weighted by Crippen LogP contribution is -2.11. The third-order valence-corrected chi connectivity index (χ3v) is 4.22. The first-order valence-electron chi connectivity index (χ1n) is 5.68. The monoisotopic (exact) mass is 327 g/mol. The first-order chi connectivity index (χ1) is 10.1. The number of anilines is 1. The SMILES string of the molecule is COC(=O)CSc1nnc(NC(=O)c2ccc(F)cc2)s1. The van der Waals surface area contributed by atoms with Crippen LogP contribution in [0.2, 0.25) is 0 Å². The Bertz CT molecular complexity index is 645. The van der Waals surface area contributed by atoms with Gasteiger partial charge in [0.1, 0.15) is 5.82 Å². The fourth-order valence-corrected chi connectivity index (χ4v) is 2.85. The van der Waals surface area contributed by atoms with E-state index in [1.165, 1.54) is 43.1 Å². The van der Waals surface area contributed by atoms with E-state index in [-0.39, 0.29) is 11.7 Å². The summed E-state index contributed by atoms with van der Waals surface area (Å²) in [4.78, 5) is 22.9. The van der Waals surface area contributed by atoms with Gasteiger partial charge in [-0.2, -0.15) is 0 Å². The highest BCUT2D eigenvalue weighted by Gasteiger charge is 2.11. The first kappa shape index (κ1) is 15.4. The highest BCUT2D eigenvalue weighted by atomic mass is 32.2. The molecule has 1 aromatic heterocycles. The second-order valence-corrected chi connectivity index (χ2v) is 5.90. The molecule has 0 aliphatic rings. The highest BCUT2D eigenvalue weighted by molar-refractivity contribution is 8.01. The number of carbonyl (C=O) groups excluding carboxylic acids is 2. The molecule has 1 N–H and O–H groups in total. The summed E-state index contributed by atoms with van der Waals surface area (Å²) in [6, 6.07) is 5.15. The molecule has 0 saturated heterocycles. The van der Waals surface area contributed by atoms with Crippen LogP contribution in [-0.4, -0.2) is 34.9 Å². The Labute approximate surface area is 127 Å². The van der Waals surface area contributed by atoms with Crippen molar-refractivity contribution in [2.75, 3.05) is 18.2 Å². The van der Waals surface area contributed by atoms with Crippen LogP contribution in [0.3, 0.4) is 0 Å². The van der Waals surface area contributed by atoms with Gasteiger partial charge in [-0.15, -0.1) is 10.2 Å². The van der Waals surface area contributed by atoms with Crippen molar-refractivity contribution in [3.63, 3.8) is 0 Å². The standard InChI is InChI=1S/C12H10FN3O3S2/c1-19-9(17)6-20-12-16-15-11(21-12)14-10(18)7-2-4-8(13)5-3-7/h2-5H,6H2,1H3,(H,14,15,18). The highest BCUT2D eigenvalue weighted by Crippen LogP contribution is 2.25. The Morgan fingerprint density at radius 2 is 2.05 bits per heavy atom. The number of amides is 1. The van der Waals surface area contributed by atoms with E-state index in [4.69, 9.17) is 0 Å². The van der Waals surface area contributed by atoms with E-state index >= 15 is 0 Å². The quantitative estimate of drug-likeness (QED) is 0.515. The molecule has 0 fully saturated rings. The maximum absolute atomic E-state index is 12.8. The molecule has 0 unspecified atom stereocenters. The van der Waals surface area contributed by atoms with Crippen LogP contribution >= 0.6 is 23.1 Å². The van der Waals surface area contributed by atoms with Gasteiger partial charge in [0, 0.05) is 5.56 Å². The van der Waals surface area contributed by atoms with Crippen molar-refractivity contribution < 1.29 is 18.7 Å². The number of rotatable bonds is 5. The molecule has 1 amide bonds. The number of nitrogens with zero attached hydrogens (tertiary/aromatic N) is 2. The Kier molecular flexibility index (Phi) is 5.23. The number of ether oxygens (including phenoxy) is 1. The van der Waals surface area contributed by atoms with E-state index in [1.807, 2.05) is 0 Å². The summed E-state index contributed by atoms with van der Waals surface area (Å²) in [5.74, 6) is -1.07. The van der Waals surface area contributed by atoms with Gasteiger partial charge >= 0.3 is 5.97 Å². The number of halogens is 1. The summed E-state index contributed by atoms with van der Waals surface area (Å²) in [5, 5.41) is 10.5. The van der Waals surface area contributed by atoms with Gasteiger partial charge in [-0.1, -0.05) is 23.1 Å². The topological polar surface area (TPSA) is 81.2 Å². The van der Waals surface area contributed by atoms with Crippen molar-refractivity contribution in [1.82, 2.24) is 10.2 Å². The van der Waals surface area contributed by atoms with Crippen LogP contribution in [0.5, 0.6) is 0 Å². The zero-order valence-electron chi connectivity index (χ0n) is 10.8. The van der Waals surface area contributed by atoms with E-state index in [2.05, 4.69) is 20.3 Å². The Morgan fingerprint density at radius 3 is 2.71 bits per heavy atom. The summed E-state index contributed by atoms with van der Waals surface area (Å²) in [5.41, 5.74) is 0.315. The third kappa shape index (κ3) is 4.50. The van der Waals surface area contributed by atoms with Crippen molar-refractivity contribution in [3.8, 4) is 0 Å². The second kappa shape index (κ2) is 7.14. The van der Waals surface area contributed by atoms with E-state index in [0.29, 0.717) is 15.0 Å². The summed E-state index contributed by atoms with van der Waals surface area (Å²) in [6.07, 6.45) is 0. The van der Waals surface area contributed by atoms with Crippen LogP contribution in [0.1, 0.15) is 10.4 Å². The molecular formula is C12H10FN3O3S2. The molecule has 0 spiro atoms. The van der Waals surface area contributed by atoms with Gasteiger partial charge in [0.2, 0.25) is 5.13 Å². The van der Waals surface area contributed by atoms with Gasteiger partial charge in [-0.25, -0.2) is 4.39 Å². The Hall–Kier alpha value is -2.00. The first-order valence-corrected chi connectivity index (χ1v) is 7.48. The largest absolute Gasteiger partial charge is 0.468 e. The minimum absolute atomic E-state index is 0.122. The molecule has 0 bridgehead atoms. The molecule has 1 aromatic carbocycles. The smallest absolute Gasteiger partial charge is 0.316 e. The molecule has 9 heteroatoms. The Balaban J connectivity index is 1.94.